The van der Waals surface area contributed by atoms with E-state index >= 15 is 0 Å². The van der Waals surface area contributed by atoms with E-state index in [0.717, 1.165) is 16.6 Å². The van der Waals surface area contributed by atoms with Crippen molar-refractivity contribution in [1.29, 1.82) is 0 Å². The Kier molecular flexibility index (Phi) is 3.01. The van der Waals surface area contributed by atoms with Gasteiger partial charge in [0.25, 0.3) is 0 Å². The van der Waals surface area contributed by atoms with Crippen LogP contribution in [0.3, 0.4) is 0 Å². The summed E-state index contributed by atoms with van der Waals surface area (Å²) >= 11 is 5.92. The molecular formula is C13H15ClN2. The Labute approximate surface area is 101 Å². The Balaban J connectivity index is 2.45. The van der Waals surface area contributed by atoms with Gasteiger partial charge >= 0.3 is 0 Å². The molecule has 2 aromatic rings. The minimum atomic E-state index is -0.119. The number of benzene rings is 1. The van der Waals surface area contributed by atoms with Gasteiger partial charge in [0.15, 0.2) is 0 Å². The number of pyridine rings is 1. The van der Waals surface area contributed by atoms with E-state index in [1.165, 1.54) is 0 Å². The summed E-state index contributed by atoms with van der Waals surface area (Å²) in [6.45, 7) is 4.16. The van der Waals surface area contributed by atoms with Gasteiger partial charge in [-0.15, -0.1) is 11.6 Å². The van der Waals surface area contributed by atoms with Crippen molar-refractivity contribution in [3.8, 4) is 0 Å². The maximum atomic E-state index is 5.92. The first-order chi connectivity index (χ1) is 7.62. The summed E-state index contributed by atoms with van der Waals surface area (Å²) in [5, 5.41) is 4.57. The smallest absolute Gasteiger partial charge is 0.0722 e. The number of nitrogens with one attached hydrogen (secondary N) is 1. The van der Waals surface area contributed by atoms with Gasteiger partial charge in [-0.1, -0.05) is 18.2 Å². The van der Waals surface area contributed by atoms with Gasteiger partial charge in [-0.05, 0) is 26.0 Å². The number of fused-ring (bicyclic) bond motifs is 1. The molecule has 3 heteroatoms. The fourth-order valence-corrected chi connectivity index (χ4v) is 1.67. The monoisotopic (exact) mass is 234 g/mol. The molecule has 1 heterocycles. The largest absolute Gasteiger partial charge is 0.378 e. The van der Waals surface area contributed by atoms with Crippen molar-refractivity contribution >= 4 is 28.2 Å². The van der Waals surface area contributed by atoms with Crippen LogP contribution in [0.25, 0.3) is 10.9 Å². The van der Waals surface area contributed by atoms with Crippen molar-refractivity contribution in [3.63, 3.8) is 0 Å². The van der Waals surface area contributed by atoms with Crippen molar-refractivity contribution in [1.82, 2.24) is 4.98 Å². The number of anilines is 1. The minimum Gasteiger partial charge on any atom is -0.378 e. The first kappa shape index (κ1) is 11.2. The van der Waals surface area contributed by atoms with Crippen molar-refractivity contribution in [3.05, 3.63) is 36.5 Å². The summed E-state index contributed by atoms with van der Waals surface area (Å²) in [6.07, 6.45) is 1.81. The van der Waals surface area contributed by atoms with Crippen LogP contribution in [0.5, 0.6) is 0 Å². The van der Waals surface area contributed by atoms with E-state index in [1.807, 2.05) is 30.5 Å². The van der Waals surface area contributed by atoms with Gasteiger partial charge in [-0.25, -0.2) is 0 Å². The van der Waals surface area contributed by atoms with Crippen molar-refractivity contribution in [2.24, 2.45) is 0 Å². The van der Waals surface area contributed by atoms with Crippen LogP contribution in [-0.2, 0) is 0 Å². The van der Waals surface area contributed by atoms with Gasteiger partial charge in [-0.3, -0.25) is 4.98 Å². The zero-order chi connectivity index (χ0) is 11.6. The molecule has 1 N–H and O–H groups in total. The van der Waals surface area contributed by atoms with Gasteiger partial charge in [0.1, 0.15) is 0 Å². The van der Waals surface area contributed by atoms with Gasteiger partial charge < -0.3 is 5.32 Å². The lowest BCUT2D eigenvalue weighted by Crippen LogP contribution is -2.32. The number of halogens is 1. The van der Waals surface area contributed by atoms with E-state index in [1.54, 1.807) is 0 Å². The molecule has 0 amide bonds. The molecule has 2 nitrogen and oxygen atoms in total. The van der Waals surface area contributed by atoms with Crippen LogP contribution in [0.4, 0.5) is 5.69 Å². The quantitative estimate of drug-likeness (QED) is 0.820. The van der Waals surface area contributed by atoms with E-state index in [9.17, 15) is 0 Å². The third kappa shape index (κ3) is 2.27. The van der Waals surface area contributed by atoms with E-state index in [4.69, 9.17) is 11.6 Å². The number of rotatable bonds is 3. The molecule has 0 aliphatic heterocycles. The molecule has 1 aromatic carbocycles. The summed E-state index contributed by atoms with van der Waals surface area (Å²) in [5.74, 6) is 0.559. The zero-order valence-electron chi connectivity index (χ0n) is 9.50. The molecule has 1 aromatic heterocycles. The lowest BCUT2D eigenvalue weighted by Gasteiger charge is -2.25. The molecule has 0 bridgehead atoms. The van der Waals surface area contributed by atoms with E-state index in [2.05, 4.69) is 30.2 Å². The van der Waals surface area contributed by atoms with Crippen LogP contribution in [0, 0.1) is 0 Å². The molecule has 0 saturated carbocycles. The Morgan fingerprint density at radius 2 is 2.00 bits per heavy atom. The van der Waals surface area contributed by atoms with Crippen LogP contribution in [0.2, 0.25) is 0 Å². The molecule has 0 unspecified atom stereocenters. The zero-order valence-corrected chi connectivity index (χ0v) is 10.3. The van der Waals surface area contributed by atoms with Crippen LogP contribution in [0.1, 0.15) is 13.8 Å². The summed E-state index contributed by atoms with van der Waals surface area (Å²) < 4.78 is 0. The Morgan fingerprint density at radius 1 is 1.25 bits per heavy atom. The van der Waals surface area contributed by atoms with Gasteiger partial charge in [0.2, 0.25) is 0 Å². The summed E-state index contributed by atoms with van der Waals surface area (Å²) in [5.41, 5.74) is 1.96. The maximum Gasteiger partial charge on any atom is 0.0722 e. The third-order valence-electron chi connectivity index (χ3n) is 2.46. The SMILES string of the molecule is CC(C)(CCl)Nc1ccnc2ccccc12. The first-order valence-corrected chi connectivity index (χ1v) is 5.84. The maximum absolute atomic E-state index is 5.92. The average molecular weight is 235 g/mol. The second kappa shape index (κ2) is 4.30. The topological polar surface area (TPSA) is 24.9 Å². The van der Waals surface area contributed by atoms with Crippen molar-refractivity contribution in [2.75, 3.05) is 11.2 Å². The van der Waals surface area contributed by atoms with Crippen molar-refractivity contribution < 1.29 is 0 Å². The molecule has 0 saturated heterocycles. The highest BCUT2D eigenvalue weighted by atomic mass is 35.5. The molecule has 84 valence electrons. The number of nitrogens with zero attached hydrogens (tertiary/aromatic N) is 1. The molecule has 0 spiro atoms. The van der Waals surface area contributed by atoms with Crippen LogP contribution >= 0.6 is 11.6 Å². The predicted octanol–water partition coefficient (Wildman–Crippen LogP) is 3.66. The molecule has 16 heavy (non-hydrogen) atoms. The molecular weight excluding hydrogens is 220 g/mol. The number of alkyl halides is 1. The highest BCUT2D eigenvalue weighted by Gasteiger charge is 2.16. The van der Waals surface area contributed by atoms with E-state index < -0.39 is 0 Å². The standard InChI is InChI=1S/C13H15ClN2/c1-13(2,9-14)16-12-7-8-15-11-6-4-3-5-10(11)12/h3-8H,9H2,1-2H3,(H,15,16). The normalized spacial score (nSPS) is 11.7. The second-order valence-corrected chi connectivity index (χ2v) is 4.79. The van der Waals surface area contributed by atoms with Crippen LogP contribution in [0.15, 0.2) is 36.5 Å². The molecule has 0 aliphatic carbocycles. The molecule has 0 radical (unpaired) electrons. The summed E-state index contributed by atoms with van der Waals surface area (Å²) in [6, 6.07) is 10.1. The fourth-order valence-electron chi connectivity index (χ4n) is 1.60. The molecule has 2 rings (SSSR count). The number of hydrogen-bond acceptors (Lipinski definition) is 2. The number of aromatic nitrogens is 1. The van der Waals surface area contributed by atoms with E-state index in [0.29, 0.717) is 5.88 Å². The lowest BCUT2D eigenvalue weighted by molar-refractivity contribution is 0.642. The second-order valence-electron chi connectivity index (χ2n) is 4.52. The Morgan fingerprint density at radius 3 is 2.75 bits per heavy atom. The molecule has 0 atom stereocenters. The van der Waals surface area contributed by atoms with Crippen LogP contribution < -0.4 is 5.32 Å². The van der Waals surface area contributed by atoms with Crippen molar-refractivity contribution in [2.45, 2.75) is 19.4 Å². The Hall–Kier alpha value is -1.28. The summed E-state index contributed by atoms with van der Waals surface area (Å²) in [4.78, 5) is 4.32. The first-order valence-electron chi connectivity index (χ1n) is 5.30. The molecule has 0 aliphatic rings. The van der Waals surface area contributed by atoms with Gasteiger partial charge in [0, 0.05) is 28.7 Å². The van der Waals surface area contributed by atoms with Gasteiger partial charge in [0.05, 0.1) is 5.52 Å². The minimum absolute atomic E-state index is 0.119. The highest BCUT2D eigenvalue weighted by molar-refractivity contribution is 6.18. The average Bonchev–Trinajstić information content (AvgIpc) is 2.29. The molecule has 0 fully saturated rings. The fraction of sp³-hybridized carbons (Fsp3) is 0.308. The summed E-state index contributed by atoms with van der Waals surface area (Å²) in [7, 11) is 0. The van der Waals surface area contributed by atoms with Crippen LogP contribution in [-0.4, -0.2) is 16.4 Å². The van der Waals surface area contributed by atoms with E-state index in [-0.39, 0.29) is 5.54 Å². The predicted molar refractivity (Wildman–Crippen MR) is 70.2 cm³/mol. The number of para-hydroxylation sites is 1. The highest BCUT2D eigenvalue weighted by Crippen LogP contribution is 2.24. The Bertz CT molecular complexity index is 489. The lowest BCUT2D eigenvalue weighted by atomic mass is 10.1. The number of hydrogen-bond donors (Lipinski definition) is 1. The van der Waals surface area contributed by atoms with Gasteiger partial charge in [-0.2, -0.15) is 0 Å². The third-order valence-corrected chi connectivity index (χ3v) is 3.12.